The van der Waals surface area contributed by atoms with Crippen LogP contribution in [0.15, 0.2) is 41.3 Å². The zero-order valence-electron chi connectivity index (χ0n) is 17.7. The number of nitrogens with zero attached hydrogens (tertiary/aromatic N) is 2. The topological polar surface area (TPSA) is 49.9 Å². The van der Waals surface area contributed by atoms with Gasteiger partial charge in [-0.25, -0.2) is 4.39 Å². The third-order valence-electron chi connectivity index (χ3n) is 5.55. The van der Waals surface area contributed by atoms with E-state index >= 15 is 0 Å². The molecule has 2 saturated heterocycles. The standard InChI is InChI=1S/C24H25FN2O3S/c1-16-5-7-19(8-6-16)30-12-11-27-23(28)22(31-24(27)29)15-18-14-20(25)21(13-17(18)2)26-9-3-4-10-26/h5-8,13-15H,3-4,9-12H2,1-2H3/b22-15-. The maximum Gasteiger partial charge on any atom is 0.293 e. The Labute approximate surface area is 185 Å². The Morgan fingerprint density at radius 2 is 1.81 bits per heavy atom. The van der Waals surface area contributed by atoms with Crippen LogP contribution in [0.4, 0.5) is 14.9 Å². The van der Waals surface area contributed by atoms with Crippen molar-refractivity contribution >= 4 is 34.7 Å². The maximum atomic E-state index is 14.7. The van der Waals surface area contributed by atoms with Gasteiger partial charge < -0.3 is 9.64 Å². The SMILES string of the molecule is Cc1ccc(OCCN2C(=O)S/C(=C\c3cc(F)c(N4CCCC4)cc3C)C2=O)cc1. The van der Waals surface area contributed by atoms with E-state index in [0.717, 1.165) is 48.8 Å². The molecular formula is C24H25FN2O3S. The second kappa shape index (κ2) is 9.14. The van der Waals surface area contributed by atoms with Crippen LogP contribution in [0.5, 0.6) is 5.75 Å². The highest BCUT2D eigenvalue weighted by Gasteiger charge is 2.35. The lowest BCUT2D eigenvalue weighted by Gasteiger charge is -2.19. The molecule has 31 heavy (non-hydrogen) atoms. The van der Waals surface area contributed by atoms with Gasteiger partial charge in [0.25, 0.3) is 11.1 Å². The predicted molar refractivity (Wildman–Crippen MR) is 122 cm³/mol. The number of thioether (sulfide) groups is 1. The van der Waals surface area contributed by atoms with E-state index in [2.05, 4.69) is 0 Å². The molecule has 0 bridgehead atoms. The maximum absolute atomic E-state index is 14.7. The molecule has 0 N–H and O–H groups in total. The molecule has 0 unspecified atom stereocenters. The van der Waals surface area contributed by atoms with E-state index < -0.39 is 0 Å². The number of aryl methyl sites for hydroxylation is 2. The number of rotatable bonds is 6. The molecule has 4 rings (SSSR count). The van der Waals surface area contributed by atoms with Crippen molar-refractivity contribution in [2.75, 3.05) is 31.1 Å². The molecule has 2 aromatic carbocycles. The van der Waals surface area contributed by atoms with Gasteiger partial charge in [-0.2, -0.15) is 0 Å². The van der Waals surface area contributed by atoms with Gasteiger partial charge in [-0.1, -0.05) is 17.7 Å². The molecule has 2 heterocycles. The van der Waals surface area contributed by atoms with Crippen molar-refractivity contribution in [3.63, 3.8) is 0 Å². The van der Waals surface area contributed by atoms with Crippen LogP contribution in [-0.2, 0) is 4.79 Å². The summed E-state index contributed by atoms with van der Waals surface area (Å²) < 4.78 is 20.3. The van der Waals surface area contributed by atoms with Gasteiger partial charge in [0.15, 0.2) is 0 Å². The van der Waals surface area contributed by atoms with E-state index in [1.165, 1.54) is 11.0 Å². The van der Waals surface area contributed by atoms with Crippen LogP contribution in [-0.4, -0.2) is 42.3 Å². The highest BCUT2D eigenvalue weighted by Crippen LogP contribution is 2.34. The minimum absolute atomic E-state index is 0.164. The summed E-state index contributed by atoms with van der Waals surface area (Å²) in [6.45, 7) is 5.98. The molecular weight excluding hydrogens is 415 g/mol. The summed E-state index contributed by atoms with van der Waals surface area (Å²) in [6.07, 6.45) is 3.75. The monoisotopic (exact) mass is 440 g/mol. The first-order valence-electron chi connectivity index (χ1n) is 10.4. The molecule has 2 fully saturated rings. The highest BCUT2D eigenvalue weighted by molar-refractivity contribution is 8.18. The Morgan fingerprint density at radius 1 is 1.10 bits per heavy atom. The molecule has 2 amide bonds. The first-order valence-corrected chi connectivity index (χ1v) is 11.2. The van der Waals surface area contributed by atoms with Crippen LogP contribution in [0, 0.1) is 19.7 Å². The molecule has 0 spiro atoms. The van der Waals surface area contributed by atoms with Crippen LogP contribution < -0.4 is 9.64 Å². The summed E-state index contributed by atoms with van der Waals surface area (Å²) in [6, 6.07) is 10.9. The lowest BCUT2D eigenvalue weighted by molar-refractivity contribution is -0.123. The van der Waals surface area contributed by atoms with Gasteiger partial charge in [0.1, 0.15) is 18.2 Å². The van der Waals surface area contributed by atoms with E-state index in [1.807, 2.05) is 49.1 Å². The molecule has 5 nitrogen and oxygen atoms in total. The second-order valence-electron chi connectivity index (χ2n) is 7.85. The molecule has 162 valence electrons. The molecule has 7 heteroatoms. The first-order chi connectivity index (χ1) is 14.9. The van der Waals surface area contributed by atoms with Crippen molar-refractivity contribution in [1.82, 2.24) is 4.90 Å². The van der Waals surface area contributed by atoms with Gasteiger partial charge in [0.05, 0.1) is 17.1 Å². The quantitative estimate of drug-likeness (QED) is 0.581. The van der Waals surface area contributed by atoms with Crippen molar-refractivity contribution in [2.24, 2.45) is 0 Å². The van der Waals surface area contributed by atoms with Crippen LogP contribution in [0.3, 0.4) is 0 Å². The Balaban J connectivity index is 1.44. The van der Waals surface area contributed by atoms with Gasteiger partial charge in [-0.15, -0.1) is 0 Å². The van der Waals surface area contributed by atoms with Gasteiger partial charge in [-0.3, -0.25) is 14.5 Å². The van der Waals surface area contributed by atoms with Gasteiger partial charge in [-0.05, 0) is 79.9 Å². The number of carbonyl (C=O) groups is 2. The highest BCUT2D eigenvalue weighted by atomic mass is 32.2. The van der Waals surface area contributed by atoms with E-state index in [0.29, 0.717) is 21.9 Å². The first kappa shape index (κ1) is 21.4. The summed E-state index contributed by atoms with van der Waals surface area (Å²) in [4.78, 5) is 28.6. The number of carbonyl (C=O) groups excluding carboxylic acids is 2. The number of hydrogen-bond acceptors (Lipinski definition) is 5. The number of amides is 2. The molecule has 0 aromatic heterocycles. The summed E-state index contributed by atoms with van der Waals surface area (Å²) in [7, 11) is 0. The van der Waals surface area contributed by atoms with Crippen LogP contribution in [0.1, 0.15) is 29.5 Å². The van der Waals surface area contributed by atoms with Crippen LogP contribution in [0.25, 0.3) is 6.08 Å². The van der Waals surface area contributed by atoms with E-state index in [-0.39, 0.29) is 30.1 Å². The number of benzene rings is 2. The Hall–Kier alpha value is -2.80. The summed E-state index contributed by atoms with van der Waals surface area (Å²) in [5.74, 6) is 0.0210. The van der Waals surface area contributed by atoms with Gasteiger partial charge in [0.2, 0.25) is 0 Å². The summed E-state index contributed by atoms with van der Waals surface area (Å²) in [5.41, 5.74) is 3.22. The fourth-order valence-corrected chi connectivity index (χ4v) is 4.62. The molecule has 0 saturated carbocycles. The number of imide groups is 1. The molecule has 0 radical (unpaired) electrons. The second-order valence-corrected chi connectivity index (χ2v) is 8.84. The average molecular weight is 441 g/mol. The largest absolute Gasteiger partial charge is 0.492 e. The van der Waals surface area contributed by atoms with Crippen molar-refractivity contribution in [3.8, 4) is 5.75 Å². The number of halogens is 1. The molecule has 2 aromatic rings. The third kappa shape index (κ3) is 4.77. The lowest BCUT2D eigenvalue weighted by atomic mass is 10.1. The lowest BCUT2D eigenvalue weighted by Crippen LogP contribution is -2.32. The fraction of sp³-hybridized carbons (Fsp3) is 0.333. The minimum atomic E-state index is -0.370. The number of anilines is 1. The summed E-state index contributed by atoms with van der Waals surface area (Å²) in [5, 5.41) is -0.337. The third-order valence-corrected chi connectivity index (χ3v) is 6.45. The molecule has 0 aliphatic carbocycles. The number of ether oxygens (including phenoxy) is 1. The van der Waals surface area contributed by atoms with Crippen LogP contribution >= 0.6 is 11.8 Å². The summed E-state index contributed by atoms with van der Waals surface area (Å²) >= 11 is 0.879. The van der Waals surface area contributed by atoms with Crippen molar-refractivity contribution in [3.05, 3.63) is 63.8 Å². The minimum Gasteiger partial charge on any atom is -0.492 e. The molecule has 2 aliphatic rings. The van der Waals surface area contributed by atoms with E-state index in [4.69, 9.17) is 4.74 Å². The van der Waals surface area contributed by atoms with Crippen molar-refractivity contribution < 1.29 is 18.7 Å². The van der Waals surface area contributed by atoms with E-state index in [1.54, 1.807) is 6.08 Å². The van der Waals surface area contributed by atoms with Gasteiger partial charge in [0, 0.05) is 13.1 Å². The fourth-order valence-electron chi connectivity index (χ4n) is 3.76. The van der Waals surface area contributed by atoms with E-state index in [9.17, 15) is 14.0 Å². The zero-order chi connectivity index (χ0) is 22.0. The normalized spacial score (nSPS) is 17.8. The van der Waals surface area contributed by atoms with Crippen molar-refractivity contribution in [2.45, 2.75) is 26.7 Å². The molecule has 0 atom stereocenters. The van der Waals surface area contributed by atoms with Crippen LogP contribution in [0.2, 0.25) is 0 Å². The Kier molecular flexibility index (Phi) is 6.32. The average Bonchev–Trinajstić information content (AvgIpc) is 3.36. The molecule has 2 aliphatic heterocycles. The number of hydrogen-bond donors (Lipinski definition) is 0. The smallest absolute Gasteiger partial charge is 0.293 e. The Bertz CT molecular complexity index is 1030. The predicted octanol–water partition coefficient (Wildman–Crippen LogP) is 5.16. The van der Waals surface area contributed by atoms with Crippen molar-refractivity contribution in [1.29, 1.82) is 0 Å². The Morgan fingerprint density at radius 3 is 2.52 bits per heavy atom. The van der Waals surface area contributed by atoms with Gasteiger partial charge >= 0.3 is 0 Å². The zero-order valence-corrected chi connectivity index (χ0v) is 18.5.